The monoisotopic (exact) mass is 207 g/mol. The van der Waals surface area contributed by atoms with Gasteiger partial charge < -0.3 is 5.32 Å². The van der Waals surface area contributed by atoms with E-state index in [9.17, 15) is 0 Å². The molecule has 0 bridgehead atoms. The Morgan fingerprint density at radius 3 is 2.71 bits per heavy atom. The number of hydrogen-bond donors (Lipinski definition) is 1. The lowest BCUT2D eigenvalue weighted by atomic mass is 10.4. The summed E-state index contributed by atoms with van der Waals surface area (Å²) in [5.74, 6) is 1.23. The fourth-order valence-electron chi connectivity index (χ4n) is 1.37. The second kappa shape index (κ2) is 5.42. The predicted molar refractivity (Wildman–Crippen MR) is 62.8 cm³/mol. The van der Waals surface area contributed by atoms with Gasteiger partial charge in [-0.05, 0) is 43.7 Å². The van der Waals surface area contributed by atoms with Crippen LogP contribution in [0.4, 0.5) is 0 Å². The molecule has 0 aromatic heterocycles. The second-order valence-electron chi connectivity index (χ2n) is 3.74. The van der Waals surface area contributed by atoms with E-state index in [0.29, 0.717) is 0 Å². The number of benzene rings is 1. The van der Waals surface area contributed by atoms with Gasteiger partial charge in [0.1, 0.15) is 0 Å². The molecule has 1 aliphatic carbocycles. The minimum atomic E-state index is 0.858. The smallest absolute Gasteiger partial charge is 0.00719 e. The zero-order valence-corrected chi connectivity index (χ0v) is 9.22. The Hall–Kier alpha value is -0.470. The maximum absolute atomic E-state index is 3.53. The Balaban J connectivity index is 1.54. The van der Waals surface area contributed by atoms with Crippen molar-refractivity contribution >= 4 is 11.8 Å². The number of nitrogens with one attached hydrogen (secondary N) is 1. The van der Waals surface area contributed by atoms with E-state index in [1.54, 1.807) is 0 Å². The molecule has 1 aromatic carbocycles. The van der Waals surface area contributed by atoms with Crippen molar-refractivity contribution in [1.29, 1.82) is 0 Å². The van der Waals surface area contributed by atoms with Gasteiger partial charge in [-0.1, -0.05) is 18.2 Å². The fraction of sp³-hybridized carbons (Fsp3) is 0.500. The highest BCUT2D eigenvalue weighted by molar-refractivity contribution is 7.99. The summed E-state index contributed by atoms with van der Waals surface area (Å²) in [7, 11) is 0. The molecule has 0 amide bonds. The van der Waals surface area contributed by atoms with Gasteiger partial charge >= 0.3 is 0 Å². The van der Waals surface area contributed by atoms with Gasteiger partial charge in [-0.2, -0.15) is 0 Å². The molecule has 1 nitrogen and oxygen atoms in total. The molecule has 2 rings (SSSR count). The molecular formula is C12H17NS. The molecule has 1 aliphatic rings. The van der Waals surface area contributed by atoms with E-state index < -0.39 is 0 Å². The third kappa shape index (κ3) is 3.72. The van der Waals surface area contributed by atoms with Crippen molar-refractivity contribution in [3.63, 3.8) is 0 Å². The standard InChI is InChI=1S/C12H17NS/c1-2-5-12(6-3-1)14-10-4-9-13-11-7-8-11/h1-3,5-6,11,13H,4,7-10H2. The van der Waals surface area contributed by atoms with Crippen molar-refractivity contribution in [3.05, 3.63) is 30.3 Å². The molecule has 1 aromatic rings. The summed E-state index contributed by atoms with van der Waals surface area (Å²) in [6.07, 6.45) is 4.06. The molecule has 14 heavy (non-hydrogen) atoms. The number of rotatable bonds is 6. The van der Waals surface area contributed by atoms with Crippen LogP contribution in [0.3, 0.4) is 0 Å². The summed E-state index contributed by atoms with van der Waals surface area (Å²) in [5, 5.41) is 3.53. The van der Waals surface area contributed by atoms with Crippen LogP contribution in [0.2, 0.25) is 0 Å². The van der Waals surface area contributed by atoms with Crippen LogP contribution in [0.5, 0.6) is 0 Å². The maximum atomic E-state index is 3.53. The summed E-state index contributed by atoms with van der Waals surface area (Å²) in [6, 6.07) is 11.5. The third-order valence-corrected chi connectivity index (χ3v) is 3.44. The van der Waals surface area contributed by atoms with E-state index in [1.807, 2.05) is 11.8 Å². The Morgan fingerprint density at radius 2 is 2.00 bits per heavy atom. The molecule has 1 saturated carbocycles. The first-order valence-corrected chi connectivity index (χ1v) is 6.35. The molecule has 0 aliphatic heterocycles. The number of thioether (sulfide) groups is 1. The Morgan fingerprint density at radius 1 is 1.21 bits per heavy atom. The lowest BCUT2D eigenvalue weighted by Crippen LogP contribution is -2.17. The summed E-state index contributed by atoms with van der Waals surface area (Å²) in [5.41, 5.74) is 0. The van der Waals surface area contributed by atoms with Gasteiger partial charge in [-0.3, -0.25) is 0 Å². The van der Waals surface area contributed by atoms with Crippen LogP contribution in [-0.2, 0) is 0 Å². The van der Waals surface area contributed by atoms with Crippen LogP contribution in [0.1, 0.15) is 19.3 Å². The molecule has 0 saturated heterocycles. The fourth-order valence-corrected chi connectivity index (χ4v) is 2.25. The van der Waals surface area contributed by atoms with Crippen LogP contribution < -0.4 is 5.32 Å². The molecule has 2 heteroatoms. The minimum Gasteiger partial charge on any atom is -0.314 e. The molecule has 0 spiro atoms. The third-order valence-electron chi connectivity index (χ3n) is 2.34. The first kappa shape index (κ1) is 10.1. The van der Waals surface area contributed by atoms with Crippen molar-refractivity contribution in [2.45, 2.75) is 30.2 Å². The van der Waals surface area contributed by atoms with Crippen LogP contribution in [0.15, 0.2) is 35.2 Å². The Kier molecular flexibility index (Phi) is 3.90. The highest BCUT2D eigenvalue weighted by atomic mass is 32.2. The van der Waals surface area contributed by atoms with E-state index in [2.05, 4.69) is 35.6 Å². The van der Waals surface area contributed by atoms with Crippen molar-refractivity contribution in [2.75, 3.05) is 12.3 Å². The first-order chi connectivity index (χ1) is 6.95. The average molecular weight is 207 g/mol. The van der Waals surface area contributed by atoms with Crippen LogP contribution >= 0.6 is 11.8 Å². The molecule has 0 radical (unpaired) electrons. The summed E-state index contributed by atoms with van der Waals surface area (Å²) >= 11 is 1.95. The quantitative estimate of drug-likeness (QED) is 0.568. The van der Waals surface area contributed by atoms with E-state index in [0.717, 1.165) is 6.04 Å². The summed E-state index contributed by atoms with van der Waals surface area (Å²) in [4.78, 5) is 1.39. The van der Waals surface area contributed by atoms with Gasteiger partial charge in [0.15, 0.2) is 0 Å². The molecule has 1 fully saturated rings. The van der Waals surface area contributed by atoms with Gasteiger partial charge in [0.2, 0.25) is 0 Å². The zero-order valence-electron chi connectivity index (χ0n) is 8.41. The predicted octanol–water partition coefficient (Wildman–Crippen LogP) is 2.92. The van der Waals surface area contributed by atoms with Gasteiger partial charge in [-0.15, -0.1) is 11.8 Å². The van der Waals surface area contributed by atoms with Crippen molar-refractivity contribution in [2.24, 2.45) is 0 Å². The van der Waals surface area contributed by atoms with Crippen molar-refractivity contribution in [1.82, 2.24) is 5.32 Å². The summed E-state index contributed by atoms with van der Waals surface area (Å²) in [6.45, 7) is 1.19. The second-order valence-corrected chi connectivity index (χ2v) is 4.91. The lowest BCUT2D eigenvalue weighted by molar-refractivity contribution is 0.674. The highest BCUT2D eigenvalue weighted by Crippen LogP contribution is 2.19. The lowest BCUT2D eigenvalue weighted by Gasteiger charge is -2.02. The Bertz CT molecular complexity index is 256. The summed E-state index contributed by atoms with van der Waals surface area (Å²) < 4.78 is 0. The zero-order chi connectivity index (χ0) is 9.64. The van der Waals surface area contributed by atoms with Crippen molar-refractivity contribution in [3.8, 4) is 0 Å². The molecule has 0 atom stereocenters. The first-order valence-electron chi connectivity index (χ1n) is 5.36. The molecule has 76 valence electrons. The average Bonchev–Trinajstić information content (AvgIpc) is 3.03. The van der Waals surface area contributed by atoms with Gasteiger partial charge in [0.25, 0.3) is 0 Å². The van der Waals surface area contributed by atoms with Crippen LogP contribution in [0, 0.1) is 0 Å². The van der Waals surface area contributed by atoms with Gasteiger partial charge in [0, 0.05) is 10.9 Å². The van der Waals surface area contributed by atoms with E-state index in [4.69, 9.17) is 0 Å². The van der Waals surface area contributed by atoms with E-state index in [1.165, 1.54) is 36.5 Å². The molecule has 0 unspecified atom stereocenters. The van der Waals surface area contributed by atoms with Crippen LogP contribution in [0.25, 0.3) is 0 Å². The molecule has 0 heterocycles. The number of hydrogen-bond acceptors (Lipinski definition) is 2. The van der Waals surface area contributed by atoms with E-state index in [-0.39, 0.29) is 0 Å². The molecular weight excluding hydrogens is 190 g/mol. The van der Waals surface area contributed by atoms with Crippen molar-refractivity contribution < 1.29 is 0 Å². The Labute approximate surface area is 90.3 Å². The van der Waals surface area contributed by atoms with Gasteiger partial charge in [-0.25, -0.2) is 0 Å². The SMILES string of the molecule is c1ccc(SCCCNC2CC2)cc1. The van der Waals surface area contributed by atoms with Crippen LogP contribution in [-0.4, -0.2) is 18.3 Å². The topological polar surface area (TPSA) is 12.0 Å². The maximum Gasteiger partial charge on any atom is 0.00719 e. The van der Waals surface area contributed by atoms with E-state index >= 15 is 0 Å². The normalized spacial score (nSPS) is 15.7. The minimum absolute atomic E-state index is 0.858. The molecule has 1 N–H and O–H groups in total. The highest BCUT2D eigenvalue weighted by Gasteiger charge is 2.19. The largest absolute Gasteiger partial charge is 0.314 e. The van der Waals surface area contributed by atoms with Gasteiger partial charge in [0.05, 0.1) is 0 Å².